The number of azide groups is 1. The molecule has 0 bridgehead atoms. The smallest absolute Gasteiger partial charge is 0.167 e. The summed E-state index contributed by atoms with van der Waals surface area (Å²) in [4.78, 5) is 2.77. The van der Waals surface area contributed by atoms with Crippen LogP contribution in [-0.2, 0) is 18.9 Å². The fourth-order valence-electron chi connectivity index (χ4n) is 4.01. The largest absolute Gasteiger partial charge is 0.495 e. The molecule has 0 N–H and O–H groups in total. The molecule has 0 fully saturated rings. The molecule has 2 aliphatic carbocycles. The van der Waals surface area contributed by atoms with Gasteiger partial charge in [-0.15, -0.1) is 0 Å². The molecule has 7 heteroatoms. The first-order valence-corrected chi connectivity index (χ1v) is 12.7. The highest BCUT2D eigenvalue weighted by molar-refractivity contribution is 5.59. The first kappa shape index (κ1) is 27.9. The highest BCUT2D eigenvalue weighted by atomic mass is 16.6. The van der Waals surface area contributed by atoms with Crippen LogP contribution >= 0.6 is 0 Å². The van der Waals surface area contributed by atoms with Crippen LogP contribution in [0.15, 0.2) is 88.2 Å². The van der Waals surface area contributed by atoms with Gasteiger partial charge in [0.15, 0.2) is 11.5 Å². The van der Waals surface area contributed by atoms with E-state index in [0.29, 0.717) is 17.9 Å². The lowest BCUT2D eigenvalue weighted by Crippen LogP contribution is -2.25. The number of nitrogens with zero attached hydrogens (tertiary/aromatic N) is 3. The molecule has 0 radical (unpaired) electrons. The van der Waals surface area contributed by atoms with Crippen LogP contribution in [0.3, 0.4) is 0 Å². The second-order valence-corrected chi connectivity index (χ2v) is 9.41. The topological polar surface area (TPSA) is 85.7 Å². The standard InChI is InChI=1S/C30H37N3O4/c1-21(2)36-27-16-14-25(15-17-27)11-10-23-6-8-24(9-7-23)12-13-26-18-28(34-5)30(37-22(3)4)29(19-26)35-20-32-33-31/h6-14,16,18,21-22,29H,15,17,19-20H2,1-5H3/b11-10+,13-12+. The van der Waals surface area contributed by atoms with Gasteiger partial charge >= 0.3 is 0 Å². The number of benzene rings is 1. The summed E-state index contributed by atoms with van der Waals surface area (Å²) in [6.07, 6.45) is 16.9. The van der Waals surface area contributed by atoms with Crippen molar-refractivity contribution in [3.8, 4) is 0 Å². The van der Waals surface area contributed by atoms with Crippen molar-refractivity contribution in [1.29, 1.82) is 0 Å². The maximum Gasteiger partial charge on any atom is 0.167 e. The molecule has 1 atom stereocenters. The van der Waals surface area contributed by atoms with Gasteiger partial charge in [0, 0.05) is 17.8 Å². The molecule has 7 nitrogen and oxygen atoms in total. The zero-order valence-corrected chi connectivity index (χ0v) is 22.4. The van der Waals surface area contributed by atoms with Gasteiger partial charge < -0.3 is 18.9 Å². The quantitative estimate of drug-likeness (QED) is 0.164. The SMILES string of the molecule is COC1=C(OC(C)C)C(OCN=[N+]=[N-])CC(/C=C/c2ccc(/C=C/C3=CC=C(OC(C)C)CC3)cc2)=C1. The summed E-state index contributed by atoms with van der Waals surface area (Å²) >= 11 is 0. The molecule has 0 heterocycles. The monoisotopic (exact) mass is 503 g/mol. The Morgan fingerprint density at radius 1 is 0.919 bits per heavy atom. The maximum atomic E-state index is 8.60. The van der Waals surface area contributed by atoms with E-state index in [4.69, 9.17) is 24.5 Å². The van der Waals surface area contributed by atoms with Crippen LogP contribution in [0.4, 0.5) is 0 Å². The molecule has 1 unspecified atom stereocenters. The molecule has 196 valence electrons. The van der Waals surface area contributed by atoms with Gasteiger partial charge in [-0.05, 0) is 74.1 Å². The van der Waals surface area contributed by atoms with E-state index < -0.39 is 6.10 Å². The molecule has 1 aromatic carbocycles. The van der Waals surface area contributed by atoms with Crippen molar-refractivity contribution in [2.24, 2.45) is 5.11 Å². The molecule has 0 saturated carbocycles. The Bertz CT molecular complexity index is 1150. The van der Waals surface area contributed by atoms with Gasteiger partial charge in [0.1, 0.15) is 12.8 Å². The van der Waals surface area contributed by atoms with Crippen molar-refractivity contribution >= 4 is 12.2 Å². The number of hydrogen-bond donors (Lipinski definition) is 0. The molecule has 0 aromatic heterocycles. The van der Waals surface area contributed by atoms with Gasteiger partial charge in [0.25, 0.3) is 0 Å². The summed E-state index contributed by atoms with van der Waals surface area (Å²) in [5.41, 5.74) is 13.2. The summed E-state index contributed by atoms with van der Waals surface area (Å²) in [7, 11) is 1.61. The third-order valence-corrected chi connectivity index (χ3v) is 5.70. The van der Waals surface area contributed by atoms with E-state index in [0.717, 1.165) is 35.3 Å². The van der Waals surface area contributed by atoms with Gasteiger partial charge in [0.05, 0.1) is 25.1 Å². The molecule has 3 rings (SSSR count). The van der Waals surface area contributed by atoms with Gasteiger partial charge in [-0.2, -0.15) is 0 Å². The van der Waals surface area contributed by atoms with Crippen LogP contribution in [0.5, 0.6) is 0 Å². The first-order chi connectivity index (χ1) is 17.9. The Balaban J connectivity index is 1.67. The number of allylic oxidation sites excluding steroid dienone is 7. The third-order valence-electron chi connectivity index (χ3n) is 5.70. The lowest BCUT2D eigenvalue weighted by atomic mass is 9.98. The first-order valence-electron chi connectivity index (χ1n) is 12.7. The van der Waals surface area contributed by atoms with Crippen molar-refractivity contribution in [2.45, 2.75) is 65.3 Å². The average molecular weight is 504 g/mol. The molecule has 1 aromatic rings. The van der Waals surface area contributed by atoms with Crippen LogP contribution in [0.25, 0.3) is 22.6 Å². The molecule has 0 spiro atoms. The van der Waals surface area contributed by atoms with E-state index in [1.807, 2.05) is 19.9 Å². The Hall–Kier alpha value is -3.67. The Morgan fingerprint density at radius 2 is 1.57 bits per heavy atom. The number of hydrogen-bond acceptors (Lipinski definition) is 5. The number of methoxy groups -OCH3 is 1. The van der Waals surface area contributed by atoms with Crippen molar-refractivity contribution in [1.82, 2.24) is 0 Å². The van der Waals surface area contributed by atoms with Crippen LogP contribution in [0.1, 0.15) is 58.1 Å². The molecule has 0 amide bonds. The second-order valence-electron chi connectivity index (χ2n) is 9.41. The summed E-state index contributed by atoms with van der Waals surface area (Å²) in [6, 6.07) is 8.41. The van der Waals surface area contributed by atoms with Crippen LogP contribution < -0.4 is 0 Å². The van der Waals surface area contributed by atoms with E-state index in [9.17, 15) is 0 Å². The normalized spacial score (nSPS) is 18.1. The van der Waals surface area contributed by atoms with Gasteiger partial charge in [-0.25, -0.2) is 0 Å². The summed E-state index contributed by atoms with van der Waals surface area (Å²) in [5, 5.41) is 3.50. The summed E-state index contributed by atoms with van der Waals surface area (Å²) in [6.45, 7) is 7.93. The number of ether oxygens (including phenoxy) is 4. The van der Waals surface area contributed by atoms with Gasteiger partial charge in [-0.1, -0.05) is 59.8 Å². The summed E-state index contributed by atoms with van der Waals surface area (Å²) < 4.78 is 23.1. The predicted molar refractivity (Wildman–Crippen MR) is 148 cm³/mol. The van der Waals surface area contributed by atoms with E-state index in [-0.39, 0.29) is 18.9 Å². The Morgan fingerprint density at radius 3 is 2.11 bits per heavy atom. The molecule has 0 saturated heterocycles. The second kappa shape index (κ2) is 14.2. The van der Waals surface area contributed by atoms with Crippen molar-refractivity contribution < 1.29 is 18.9 Å². The summed E-state index contributed by atoms with van der Waals surface area (Å²) in [5.74, 6) is 2.29. The number of rotatable bonds is 12. The Labute approximate surface area is 220 Å². The third kappa shape index (κ3) is 9.05. The highest BCUT2D eigenvalue weighted by Gasteiger charge is 2.27. The molecular formula is C30H37N3O4. The van der Waals surface area contributed by atoms with Crippen molar-refractivity contribution in [3.05, 3.63) is 105 Å². The maximum absolute atomic E-state index is 8.60. The molecular weight excluding hydrogens is 466 g/mol. The highest BCUT2D eigenvalue weighted by Crippen LogP contribution is 2.30. The molecule has 0 aliphatic heterocycles. The van der Waals surface area contributed by atoms with Gasteiger partial charge in [-0.3, -0.25) is 0 Å². The van der Waals surface area contributed by atoms with E-state index in [1.54, 1.807) is 7.11 Å². The average Bonchev–Trinajstić information content (AvgIpc) is 2.88. The minimum atomic E-state index is -0.392. The molecule has 37 heavy (non-hydrogen) atoms. The van der Waals surface area contributed by atoms with Crippen molar-refractivity contribution in [3.63, 3.8) is 0 Å². The van der Waals surface area contributed by atoms with Crippen LogP contribution in [0.2, 0.25) is 0 Å². The van der Waals surface area contributed by atoms with Crippen LogP contribution in [-0.4, -0.2) is 32.2 Å². The van der Waals surface area contributed by atoms with E-state index in [2.05, 4.69) is 84.6 Å². The predicted octanol–water partition coefficient (Wildman–Crippen LogP) is 8.01. The zero-order chi connectivity index (χ0) is 26.6. The van der Waals surface area contributed by atoms with Gasteiger partial charge in [0.2, 0.25) is 0 Å². The van der Waals surface area contributed by atoms with Crippen LogP contribution in [0, 0.1) is 0 Å². The minimum Gasteiger partial charge on any atom is -0.495 e. The fraction of sp³-hybridized carbons (Fsp3) is 0.400. The lowest BCUT2D eigenvalue weighted by molar-refractivity contribution is 0.00746. The Kier molecular flexibility index (Phi) is 10.7. The fourth-order valence-corrected chi connectivity index (χ4v) is 4.01. The van der Waals surface area contributed by atoms with Crippen molar-refractivity contribution in [2.75, 3.05) is 13.8 Å². The van der Waals surface area contributed by atoms with E-state index >= 15 is 0 Å². The zero-order valence-electron chi connectivity index (χ0n) is 22.4. The lowest BCUT2D eigenvalue weighted by Gasteiger charge is -2.28. The van der Waals surface area contributed by atoms with E-state index in [1.165, 1.54) is 5.57 Å². The molecule has 2 aliphatic rings. The minimum absolute atomic E-state index is 0.0361.